The van der Waals surface area contributed by atoms with Crippen LogP contribution < -0.4 is 0 Å². The first-order chi connectivity index (χ1) is 6.86. The third-order valence-corrected chi connectivity index (χ3v) is 3.43. The second-order valence-electron chi connectivity index (χ2n) is 4.25. The van der Waals surface area contributed by atoms with Crippen LogP contribution >= 0.6 is 11.6 Å². The van der Waals surface area contributed by atoms with Gasteiger partial charge in [0.15, 0.2) is 0 Å². The van der Waals surface area contributed by atoms with Gasteiger partial charge < -0.3 is 4.74 Å². The Bertz CT molecular complexity index is 199. The van der Waals surface area contributed by atoms with E-state index < -0.39 is 12.8 Å². The third-order valence-electron chi connectivity index (χ3n) is 2.97. The Kier molecular flexibility index (Phi) is 4.29. The molecule has 1 fully saturated rings. The topological polar surface area (TPSA) is 9.23 Å². The van der Waals surface area contributed by atoms with Gasteiger partial charge in [0.25, 0.3) is 0 Å². The lowest BCUT2D eigenvalue weighted by Crippen LogP contribution is -2.18. The summed E-state index contributed by atoms with van der Waals surface area (Å²) in [5.74, 6) is 0. The van der Waals surface area contributed by atoms with Gasteiger partial charge >= 0.3 is 6.18 Å². The van der Waals surface area contributed by atoms with Crippen molar-refractivity contribution in [1.29, 1.82) is 0 Å². The van der Waals surface area contributed by atoms with Gasteiger partial charge in [-0.25, -0.2) is 0 Å². The summed E-state index contributed by atoms with van der Waals surface area (Å²) in [5.41, 5.74) is 0.184. The average Bonchev–Trinajstić information content (AvgIpc) is 2.82. The minimum atomic E-state index is -4.21. The zero-order chi connectivity index (χ0) is 11.5. The van der Waals surface area contributed by atoms with Gasteiger partial charge in [0, 0.05) is 12.0 Å². The molecule has 0 radical (unpaired) electrons. The van der Waals surface area contributed by atoms with Crippen molar-refractivity contribution < 1.29 is 17.9 Å². The van der Waals surface area contributed by atoms with Crippen molar-refractivity contribution >= 4 is 11.6 Å². The molecule has 1 aliphatic rings. The molecule has 0 heterocycles. The first-order valence-corrected chi connectivity index (χ1v) is 5.58. The Morgan fingerprint density at radius 2 is 2.00 bits per heavy atom. The van der Waals surface area contributed by atoms with E-state index in [2.05, 4.69) is 4.74 Å². The molecule has 5 heteroatoms. The lowest BCUT2D eigenvalue weighted by atomic mass is 9.97. The highest BCUT2D eigenvalue weighted by atomic mass is 35.5. The van der Waals surface area contributed by atoms with Crippen LogP contribution in [0.3, 0.4) is 0 Å². The summed E-state index contributed by atoms with van der Waals surface area (Å²) in [6, 6.07) is 0. The van der Waals surface area contributed by atoms with Crippen LogP contribution in [0.4, 0.5) is 13.2 Å². The molecule has 0 aromatic carbocycles. The summed E-state index contributed by atoms with van der Waals surface area (Å²) in [5, 5.41) is 0.111. The van der Waals surface area contributed by atoms with Crippen LogP contribution in [0.1, 0.15) is 32.6 Å². The van der Waals surface area contributed by atoms with Crippen molar-refractivity contribution in [3.05, 3.63) is 0 Å². The predicted octanol–water partition coefficient (Wildman–Crippen LogP) is 3.75. The first kappa shape index (κ1) is 13.1. The normalized spacial score (nSPS) is 21.4. The van der Waals surface area contributed by atoms with Crippen molar-refractivity contribution in [2.45, 2.75) is 44.2 Å². The molecule has 90 valence electrons. The molecule has 0 saturated heterocycles. The third kappa shape index (κ3) is 4.60. The van der Waals surface area contributed by atoms with Gasteiger partial charge in [-0.1, -0.05) is 0 Å². The molecule has 0 N–H and O–H groups in total. The molecular formula is C10H16ClF3O. The fraction of sp³-hybridized carbons (Fsp3) is 1.00. The Balaban J connectivity index is 2.03. The van der Waals surface area contributed by atoms with Crippen LogP contribution in [0.25, 0.3) is 0 Å². The zero-order valence-electron chi connectivity index (χ0n) is 8.74. The van der Waals surface area contributed by atoms with E-state index in [1.54, 1.807) is 0 Å². The highest BCUT2D eigenvalue weighted by molar-refractivity contribution is 6.21. The lowest BCUT2D eigenvalue weighted by Gasteiger charge is -2.17. The van der Waals surface area contributed by atoms with Gasteiger partial charge in [-0.05, 0) is 38.0 Å². The van der Waals surface area contributed by atoms with Crippen molar-refractivity contribution in [1.82, 2.24) is 0 Å². The van der Waals surface area contributed by atoms with E-state index in [9.17, 15) is 13.2 Å². The van der Waals surface area contributed by atoms with Crippen LogP contribution in [0, 0.1) is 5.41 Å². The summed E-state index contributed by atoms with van der Waals surface area (Å²) >= 11 is 6.00. The Hall–Kier alpha value is 0.0400. The Morgan fingerprint density at radius 3 is 2.40 bits per heavy atom. The number of ether oxygens (including phenoxy) is 1. The predicted molar refractivity (Wildman–Crippen MR) is 53.1 cm³/mol. The van der Waals surface area contributed by atoms with Crippen LogP contribution in [-0.4, -0.2) is 24.8 Å². The molecule has 1 rings (SSSR count). The number of halogens is 4. The van der Waals surface area contributed by atoms with E-state index in [1.165, 1.54) is 0 Å². The van der Waals surface area contributed by atoms with E-state index in [0.29, 0.717) is 6.42 Å². The summed E-state index contributed by atoms with van der Waals surface area (Å²) in [7, 11) is 0. The molecule has 1 aliphatic carbocycles. The molecule has 0 bridgehead atoms. The van der Waals surface area contributed by atoms with Crippen LogP contribution in [0.2, 0.25) is 0 Å². The highest BCUT2D eigenvalue weighted by Crippen LogP contribution is 2.54. The molecule has 0 spiro atoms. The van der Waals surface area contributed by atoms with Crippen molar-refractivity contribution in [3.63, 3.8) is 0 Å². The monoisotopic (exact) mass is 244 g/mol. The van der Waals surface area contributed by atoms with E-state index in [1.807, 2.05) is 6.92 Å². The van der Waals surface area contributed by atoms with Crippen molar-refractivity contribution in [2.75, 3.05) is 13.2 Å². The first-order valence-electron chi connectivity index (χ1n) is 5.14. The molecule has 1 saturated carbocycles. The van der Waals surface area contributed by atoms with Crippen molar-refractivity contribution in [3.8, 4) is 0 Å². The number of alkyl halides is 4. The van der Waals surface area contributed by atoms with Crippen molar-refractivity contribution in [2.24, 2.45) is 5.41 Å². The summed E-state index contributed by atoms with van der Waals surface area (Å²) in [6.45, 7) is 0.979. The second-order valence-corrected chi connectivity index (χ2v) is 4.90. The maximum Gasteiger partial charge on any atom is 0.411 e. The fourth-order valence-corrected chi connectivity index (χ4v) is 2.05. The SMILES string of the molecule is CC(Cl)C1(CCCOCC(F)(F)F)CC1. The number of hydrogen-bond donors (Lipinski definition) is 0. The van der Waals surface area contributed by atoms with E-state index in [4.69, 9.17) is 11.6 Å². The van der Waals surface area contributed by atoms with E-state index in [-0.39, 0.29) is 17.4 Å². The molecular weight excluding hydrogens is 229 g/mol. The highest BCUT2D eigenvalue weighted by Gasteiger charge is 2.45. The second kappa shape index (κ2) is 4.91. The molecule has 1 atom stereocenters. The van der Waals surface area contributed by atoms with Gasteiger partial charge in [-0.15, -0.1) is 11.6 Å². The quantitative estimate of drug-likeness (QED) is 0.511. The minimum Gasteiger partial charge on any atom is -0.372 e. The van der Waals surface area contributed by atoms with Gasteiger partial charge in [0.05, 0.1) is 0 Å². The summed E-state index contributed by atoms with van der Waals surface area (Å²) < 4.78 is 39.7. The van der Waals surface area contributed by atoms with E-state index in [0.717, 1.165) is 19.3 Å². The van der Waals surface area contributed by atoms with Crippen LogP contribution in [0.15, 0.2) is 0 Å². The molecule has 0 aliphatic heterocycles. The maximum atomic E-state index is 11.7. The zero-order valence-corrected chi connectivity index (χ0v) is 9.50. The maximum absolute atomic E-state index is 11.7. The molecule has 0 amide bonds. The van der Waals surface area contributed by atoms with E-state index >= 15 is 0 Å². The molecule has 0 aromatic heterocycles. The number of rotatable bonds is 6. The smallest absolute Gasteiger partial charge is 0.372 e. The van der Waals surface area contributed by atoms with Gasteiger partial charge in [0.2, 0.25) is 0 Å². The molecule has 1 unspecified atom stereocenters. The molecule has 15 heavy (non-hydrogen) atoms. The average molecular weight is 245 g/mol. The fourth-order valence-electron chi connectivity index (χ4n) is 1.72. The number of hydrogen-bond acceptors (Lipinski definition) is 1. The summed E-state index contributed by atoms with van der Waals surface area (Å²) in [4.78, 5) is 0. The lowest BCUT2D eigenvalue weighted by molar-refractivity contribution is -0.174. The van der Waals surface area contributed by atoms with Gasteiger partial charge in [0.1, 0.15) is 6.61 Å². The Labute approximate surface area is 92.9 Å². The largest absolute Gasteiger partial charge is 0.411 e. The van der Waals surface area contributed by atoms with Crippen LogP contribution in [-0.2, 0) is 4.74 Å². The standard InChI is InChI=1S/C10H16ClF3O/c1-8(11)9(4-5-9)3-2-6-15-7-10(12,13)14/h8H,2-7H2,1H3. The minimum absolute atomic E-state index is 0.111. The Morgan fingerprint density at radius 1 is 1.40 bits per heavy atom. The van der Waals surface area contributed by atoms with Crippen LogP contribution in [0.5, 0.6) is 0 Å². The summed E-state index contributed by atoms with van der Waals surface area (Å²) in [6.07, 6.45) is -0.492. The molecule has 0 aromatic rings. The molecule has 1 nitrogen and oxygen atoms in total. The van der Waals surface area contributed by atoms with Gasteiger partial charge in [-0.2, -0.15) is 13.2 Å². The van der Waals surface area contributed by atoms with Gasteiger partial charge in [-0.3, -0.25) is 0 Å².